The van der Waals surface area contributed by atoms with Crippen molar-refractivity contribution in [3.05, 3.63) is 29.8 Å². The molecule has 0 radical (unpaired) electrons. The first-order chi connectivity index (χ1) is 8.38. The lowest BCUT2D eigenvalue weighted by Crippen LogP contribution is -2.42. The molecule has 0 heterocycles. The Hall–Kier alpha value is -1.55. The summed E-state index contributed by atoms with van der Waals surface area (Å²) in [5.74, 6) is 0.283. The van der Waals surface area contributed by atoms with Crippen molar-refractivity contribution in [3.8, 4) is 5.75 Å². The Morgan fingerprint density at radius 2 is 2.00 bits per heavy atom. The van der Waals surface area contributed by atoms with Crippen molar-refractivity contribution in [2.45, 2.75) is 32.3 Å². The highest BCUT2D eigenvalue weighted by Gasteiger charge is 2.32. The molecule has 1 aromatic carbocycles. The molecule has 1 atom stereocenters. The normalized spacial score (nSPS) is 14.1. The van der Waals surface area contributed by atoms with Crippen LogP contribution < -0.4 is 4.74 Å². The van der Waals surface area contributed by atoms with Gasteiger partial charge in [0.1, 0.15) is 12.4 Å². The Labute approximate surface area is 108 Å². The van der Waals surface area contributed by atoms with Gasteiger partial charge in [-0.2, -0.15) is 0 Å². The van der Waals surface area contributed by atoms with E-state index >= 15 is 0 Å². The molecule has 1 rings (SSSR count). The van der Waals surface area contributed by atoms with Crippen LogP contribution in [0.4, 0.5) is 0 Å². The second-order valence-electron chi connectivity index (χ2n) is 4.75. The zero-order valence-electron chi connectivity index (χ0n) is 11.3. The number of ether oxygens (including phenoxy) is 2. The standard InChI is InChI=1S/C14H20O4/c1-10(2)11-7-5-6-8-12(11)18-9-14(3,16)13(15)17-4/h5-8,10,16H,9H2,1-4H3. The molecule has 0 aromatic heterocycles. The van der Waals surface area contributed by atoms with Gasteiger partial charge in [-0.05, 0) is 24.5 Å². The van der Waals surface area contributed by atoms with Crippen molar-refractivity contribution in [2.75, 3.05) is 13.7 Å². The van der Waals surface area contributed by atoms with E-state index in [0.29, 0.717) is 11.7 Å². The Morgan fingerprint density at radius 3 is 2.56 bits per heavy atom. The summed E-state index contributed by atoms with van der Waals surface area (Å²) in [5.41, 5.74) is -0.600. The number of rotatable bonds is 5. The van der Waals surface area contributed by atoms with Gasteiger partial charge < -0.3 is 14.6 Å². The van der Waals surface area contributed by atoms with Gasteiger partial charge in [0.05, 0.1) is 7.11 Å². The smallest absolute Gasteiger partial charge is 0.341 e. The van der Waals surface area contributed by atoms with Crippen molar-refractivity contribution in [3.63, 3.8) is 0 Å². The maximum atomic E-state index is 11.3. The first-order valence-corrected chi connectivity index (χ1v) is 5.91. The highest BCUT2D eigenvalue weighted by Crippen LogP contribution is 2.26. The molecule has 0 aliphatic heterocycles. The predicted octanol–water partition coefficient (Wildman–Crippen LogP) is 2.11. The van der Waals surface area contributed by atoms with Gasteiger partial charge in [0.2, 0.25) is 0 Å². The third-order valence-electron chi connectivity index (χ3n) is 2.67. The van der Waals surface area contributed by atoms with Gasteiger partial charge in [0, 0.05) is 0 Å². The Kier molecular flexibility index (Phi) is 4.73. The zero-order valence-corrected chi connectivity index (χ0v) is 11.3. The molecule has 0 aliphatic rings. The van der Waals surface area contributed by atoms with Crippen LogP contribution in [0.1, 0.15) is 32.3 Å². The SMILES string of the molecule is COC(=O)C(C)(O)COc1ccccc1C(C)C. The number of carbonyl (C=O) groups excluding carboxylic acids is 1. The van der Waals surface area contributed by atoms with E-state index in [0.717, 1.165) is 5.56 Å². The molecule has 0 spiro atoms. The van der Waals surface area contributed by atoms with Gasteiger partial charge in [-0.1, -0.05) is 32.0 Å². The van der Waals surface area contributed by atoms with Gasteiger partial charge >= 0.3 is 5.97 Å². The lowest BCUT2D eigenvalue weighted by atomic mass is 10.0. The number of methoxy groups -OCH3 is 1. The summed E-state index contributed by atoms with van der Waals surface area (Å²) in [4.78, 5) is 11.3. The Bertz CT molecular complexity index is 410. The van der Waals surface area contributed by atoms with Gasteiger partial charge in [-0.3, -0.25) is 0 Å². The van der Waals surface area contributed by atoms with E-state index in [-0.39, 0.29) is 6.61 Å². The van der Waals surface area contributed by atoms with Crippen LogP contribution in [0, 0.1) is 0 Å². The summed E-state index contributed by atoms with van der Waals surface area (Å²) in [7, 11) is 1.23. The highest BCUT2D eigenvalue weighted by atomic mass is 16.6. The van der Waals surface area contributed by atoms with Crippen LogP contribution in [0.15, 0.2) is 24.3 Å². The summed E-state index contributed by atoms with van der Waals surface area (Å²) >= 11 is 0. The molecule has 18 heavy (non-hydrogen) atoms. The van der Waals surface area contributed by atoms with Crippen LogP contribution in [-0.2, 0) is 9.53 Å². The van der Waals surface area contributed by atoms with Gasteiger partial charge in [0.25, 0.3) is 0 Å². The van der Waals surface area contributed by atoms with Crippen molar-refractivity contribution in [1.29, 1.82) is 0 Å². The van der Waals surface area contributed by atoms with Crippen molar-refractivity contribution in [1.82, 2.24) is 0 Å². The van der Waals surface area contributed by atoms with E-state index in [2.05, 4.69) is 18.6 Å². The largest absolute Gasteiger partial charge is 0.490 e. The molecule has 1 N–H and O–H groups in total. The van der Waals surface area contributed by atoms with E-state index in [4.69, 9.17) is 4.74 Å². The molecular weight excluding hydrogens is 232 g/mol. The molecule has 0 saturated heterocycles. The minimum atomic E-state index is -1.64. The maximum Gasteiger partial charge on any atom is 0.341 e. The topological polar surface area (TPSA) is 55.8 Å². The maximum absolute atomic E-state index is 11.3. The predicted molar refractivity (Wildman–Crippen MR) is 68.7 cm³/mol. The minimum absolute atomic E-state index is 0.136. The second kappa shape index (κ2) is 5.87. The average Bonchev–Trinajstić information content (AvgIpc) is 2.35. The summed E-state index contributed by atoms with van der Waals surface area (Å²) < 4.78 is 10.0. The van der Waals surface area contributed by atoms with Crippen molar-refractivity contribution < 1.29 is 19.4 Å². The van der Waals surface area contributed by atoms with Crippen LogP contribution >= 0.6 is 0 Å². The number of benzene rings is 1. The molecule has 100 valence electrons. The van der Waals surface area contributed by atoms with Crippen molar-refractivity contribution in [2.24, 2.45) is 0 Å². The molecule has 0 fully saturated rings. The third kappa shape index (κ3) is 3.47. The van der Waals surface area contributed by atoms with Crippen LogP contribution in [0.3, 0.4) is 0 Å². The summed E-state index contributed by atoms with van der Waals surface area (Å²) in [6.45, 7) is 5.35. The zero-order chi connectivity index (χ0) is 13.8. The summed E-state index contributed by atoms with van der Waals surface area (Å²) in [6, 6.07) is 7.57. The monoisotopic (exact) mass is 252 g/mol. The third-order valence-corrected chi connectivity index (χ3v) is 2.67. The molecule has 0 aliphatic carbocycles. The molecule has 4 nitrogen and oxygen atoms in total. The number of aliphatic hydroxyl groups is 1. The number of hydrogen-bond acceptors (Lipinski definition) is 4. The molecule has 0 amide bonds. The fraction of sp³-hybridized carbons (Fsp3) is 0.500. The van der Waals surface area contributed by atoms with Crippen LogP contribution in [-0.4, -0.2) is 30.4 Å². The molecule has 4 heteroatoms. The minimum Gasteiger partial charge on any atom is -0.490 e. The lowest BCUT2D eigenvalue weighted by molar-refractivity contribution is -0.163. The van der Waals surface area contributed by atoms with Gasteiger partial charge in [-0.25, -0.2) is 4.79 Å². The molecule has 1 unspecified atom stereocenters. The molecule has 0 bridgehead atoms. The number of carbonyl (C=O) groups is 1. The van der Waals surface area contributed by atoms with E-state index in [1.54, 1.807) is 0 Å². The Morgan fingerprint density at radius 1 is 1.39 bits per heavy atom. The second-order valence-corrected chi connectivity index (χ2v) is 4.75. The first kappa shape index (κ1) is 14.5. The number of para-hydroxylation sites is 1. The van der Waals surface area contributed by atoms with Crippen LogP contribution in [0.2, 0.25) is 0 Å². The first-order valence-electron chi connectivity index (χ1n) is 5.91. The fourth-order valence-electron chi connectivity index (χ4n) is 1.59. The van der Waals surface area contributed by atoms with Crippen LogP contribution in [0.25, 0.3) is 0 Å². The lowest BCUT2D eigenvalue weighted by Gasteiger charge is -2.22. The van der Waals surface area contributed by atoms with E-state index in [1.807, 2.05) is 24.3 Å². The van der Waals surface area contributed by atoms with Crippen molar-refractivity contribution >= 4 is 5.97 Å². The number of esters is 1. The van der Waals surface area contributed by atoms with Crippen LogP contribution in [0.5, 0.6) is 5.75 Å². The quantitative estimate of drug-likeness (QED) is 0.815. The number of hydrogen-bond donors (Lipinski definition) is 1. The average molecular weight is 252 g/mol. The summed E-state index contributed by atoms with van der Waals surface area (Å²) in [6.07, 6.45) is 0. The highest BCUT2D eigenvalue weighted by molar-refractivity contribution is 5.78. The van der Waals surface area contributed by atoms with E-state index in [1.165, 1.54) is 14.0 Å². The Balaban J connectivity index is 2.78. The van der Waals surface area contributed by atoms with E-state index < -0.39 is 11.6 Å². The molecule has 0 saturated carbocycles. The van der Waals surface area contributed by atoms with Gasteiger partial charge in [0.15, 0.2) is 5.60 Å². The molecule has 1 aromatic rings. The fourth-order valence-corrected chi connectivity index (χ4v) is 1.59. The van der Waals surface area contributed by atoms with Gasteiger partial charge in [-0.15, -0.1) is 0 Å². The van der Waals surface area contributed by atoms with E-state index in [9.17, 15) is 9.90 Å². The summed E-state index contributed by atoms with van der Waals surface area (Å²) in [5, 5.41) is 9.87. The molecular formula is C14H20O4.